The number of carbonyl (C=O) groups is 2. The molecule has 0 heterocycles. The molecule has 0 atom stereocenters. The van der Waals surface area contributed by atoms with Crippen molar-refractivity contribution >= 4 is 11.9 Å². The quantitative estimate of drug-likeness (QED) is 0.714. The lowest BCUT2D eigenvalue weighted by atomic mass is 9.83. The molecule has 0 unspecified atom stereocenters. The summed E-state index contributed by atoms with van der Waals surface area (Å²) in [6.07, 6.45) is 0. The zero-order valence-electron chi connectivity index (χ0n) is 15.9. The first-order valence-corrected chi connectivity index (χ1v) is 8.48. The van der Waals surface area contributed by atoms with Gasteiger partial charge in [-0.3, -0.25) is 9.59 Å². The average molecular weight is 351 g/mol. The highest BCUT2D eigenvalue weighted by Crippen LogP contribution is 2.34. The second kappa shape index (κ2) is 8.23. The summed E-state index contributed by atoms with van der Waals surface area (Å²) in [4.78, 5) is 23.8. The second-order valence-corrected chi connectivity index (χ2v) is 7.02. The Labute approximate surface area is 149 Å². The molecular formula is C19H29NO5. The molecule has 1 amide bonds. The maximum absolute atomic E-state index is 12.6. The van der Waals surface area contributed by atoms with Gasteiger partial charge in [-0.25, -0.2) is 0 Å². The van der Waals surface area contributed by atoms with Crippen molar-refractivity contribution in [2.24, 2.45) is 5.41 Å². The van der Waals surface area contributed by atoms with Crippen LogP contribution in [0.3, 0.4) is 0 Å². The standard InChI is InChI=1S/C19H29NO5/c1-7-24-14-10-9-13(11-15(14)25-8-2)19(5,6)16(21)20-12-18(3,4)17(22)23/h9-11H,7-8,12H2,1-6H3,(H,20,21)(H,22,23). The van der Waals surface area contributed by atoms with Gasteiger partial charge in [-0.2, -0.15) is 0 Å². The molecule has 0 fully saturated rings. The lowest BCUT2D eigenvalue weighted by Crippen LogP contribution is -2.45. The summed E-state index contributed by atoms with van der Waals surface area (Å²) in [7, 11) is 0. The van der Waals surface area contributed by atoms with Gasteiger partial charge in [-0.15, -0.1) is 0 Å². The van der Waals surface area contributed by atoms with E-state index in [-0.39, 0.29) is 12.5 Å². The number of hydrogen-bond acceptors (Lipinski definition) is 4. The van der Waals surface area contributed by atoms with E-state index in [0.29, 0.717) is 24.7 Å². The Balaban J connectivity index is 3.01. The first-order chi connectivity index (χ1) is 11.6. The highest BCUT2D eigenvalue weighted by molar-refractivity contribution is 5.88. The highest BCUT2D eigenvalue weighted by Gasteiger charge is 2.34. The van der Waals surface area contributed by atoms with E-state index in [1.54, 1.807) is 39.8 Å². The molecule has 25 heavy (non-hydrogen) atoms. The Hall–Kier alpha value is -2.24. The van der Waals surface area contributed by atoms with Gasteiger partial charge < -0.3 is 19.9 Å². The fourth-order valence-electron chi connectivity index (χ4n) is 2.17. The number of hydrogen-bond donors (Lipinski definition) is 2. The normalized spacial score (nSPS) is 11.8. The van der Waals surface area contributed by atoms with Crippen LogP contribution >= 0.6 is 0 Å². The van der Waals surface area contributed by atoms with Gasteiger partial charge in [0, 0.05) is 6.54 Å². The minimum atomic E-state index is -1.03. The molecule has 0 spiro atoms. The van der Waals surface area contributed by atoms with Crippen LogP contribution < -0.4 is 14.8 Å². The van der Waals surface area contributed by atoms with E-state index in [4.69, 9.17) is 14.6 Å². The van der Waals surface area contributed by atoms with Crippen molar-refractivity contribution in [1.29, 1.82) is 0 Å². The van der Waals surface area contributed by atoms with Crippen molar-refractivity contribution in [3.8, 4) is 11.5 Å². The van der Waals surface area contributed by atoms with Crippen molar-refractivity contribution in [3.05, 3.63) is 23.8 Å². The maximum Gasteiger partial charge on any atom is 0.310 e. The van der Waals surface area contributed by atoms with Crippen LogP contribution in [0.15, 0.2) is 18.2 Å². The van der Waals surface area contributed by atoms with Crippen LogP contribution in [0.4, 0.5) is 0 Å². The van der Waals surface area contributed by atoms with E-state index < -0.39 is 16.8 Å². The van der Waals surface area contributed by atoms with Gasteiger partial charge in [-0.05, 0) is 59.2 Å². The molecule has 0 aliphatic carbocycles. The van der Waals surface area contributed by atoms with E-state index in [0.717, 1.165) is 5.56 Å². The summed E-state index contributed by atoms with van der Waals surface area (Å²) in [6, 6.07) is 5.42. The minimum absolute atomic E-state index is 0.0555. The van der Waals surface area contributed by atoms with Crippen LogP contribution in [-0.4, -0.2) is 36.7 Å². The van der Waals surface area contributed by atoms with E-state index in [9.17, 15) is 9.59 Å². The zero-order valence-corrected chi connectivity index (χ0v) is 15.9. The van der Waals surface area contributed by atoms with E-state index in [2.05, 4.69) is 5.32 Å². The fourth-order valence-corrected chi connectivity index (χ4v) is 2.17. The molecule has 0 radical (unpaired) electrons. The van der Waals surface area contributed by atoms with Crippen molar-refractivity contribution in [2.75, 3.05) is 19.8 Å². The minimum Gasteiger partial charge on any atom is -0.490 e. The Morgan fingerprint density at radius 3 is 2.12 bits per heavy atom. The van der Waals surface area contributed by atoms with Crippen LogP contribution in [-0.2, 0) is 15.0 Å². The third kappa shape index (κ3) is 5.11. The molecule has 140 valence electrons. The van der Waals surface area contributed by atoms with Crippen molar-refractivity contribution < 1.29 is 24.2 Å². The van der Waals surface area contributed by atoms with Crippen LogP contribution in [0.25, 0.3) is 0 Å². The van der Waals surface area contributed by atoms with E-state index in [1.165, 1.54) is 0 Å². The average Bonchev–Trinajstić information content (AvgIpc) is 2.54. The zero-order chi connectivity index (χ0) is 19.3. The summed E-state index contributed by atoms with van der Waals surface area (Å²) in [6.45, 7) is 11.6. The molecule has 0 aliphatic heterocycles. The summed E-state index contributed by atoms with van der Waals surface area (Å²) in [5, 5.41) is 11.9. The van der Waals surface area contributed by atoms with Gasteiger partial charge in [0.2, 0.25) is 5.91 Å². The second-order valence-electron chi connectivity index (χ2n) is 7.02. The smallest absolute Gasteiger partial charge is 0.310 e. The number of rotatable bonds is 9. The van der Waals surface area contributed by atoms with Gasteiger partial charge in [0.1, 0.15) is 0 Å². The topological polar surface area (TPSA) is 84.9 Å². The molecule has 6 nitrogen and oxygen atoms in total. The number of ether oxygens (including phenoxy) is 2. The molecule has 1 aromatic rings. The monoisotopic (exact) mass is 351 g/mol. The Morgan fingerprint density at radius 1 is 1.04 bits per heavy atom. The lowest BCUT2D eigenvalue weighted by Gasteiger charge is -2.28. The van der Waals surface area contributed by atoms with Gasteiger partial charge in [0.15, 0.2) is 11.5 Å². The fraction of sp³-hybridized carbons (Fsp3) is 0.579. The van der Waals surface area contributed by atoms with Crippen molar-refractivity contribution in [1.82, 2.24) is 5.32 Å². The molecule has 0 saturated carbocycles. The molecule has 1 rings (SSSR count). The van der Waals surface area contributed by atoms with Crippen LogP contribution in [0.2, 0.25) is 0 Å². The molecule has 0 aromatic heterocycles. The van der Waals surface area contributed by atoms with Crippen molar-refractivity contribution in [3.63, 3.8) is 0 Å². The largest absolute Gasteiger partial charge is 0.490 e. The number of nitrogens with one attached hydrogen (secondary N) is 1. The summed E-state index contributed by atoms with van der Waals surface area (Å²) in [5.74, 6) is 0.0312. The van der Waals surface area contributed by atoms with Crippen LogP contribution in [0.5, 0.6) is 11.5 Å². The molecule has 2 N–H and O–H groups in total. The Morgan fingerprint density at radius 2 is 1.60 bits per heavy atom. The van der Waals surface area contributed by atoms with Gasteiger partial charge >= 0.3 is 5.97 Å². The summed E-state index contributed by atoms with van der Waals surface area (Å²) >= 11 is 0. The molecule has 1 aromatic carbocycles. The predicted molar refractivity (Wildman–Crippen MR) is 96.2 cm³/mol. The Kier molecular flexibility index (Phi) is 6.85. The number of carboxylic acid groups (broad SMARTS) is 1. The van der Waals surface area contributed by atoms with Gasteiger partial charge in [0.05, 0.1) is 24.0 Å². The third-order valence-corrected chi connectivity index (χ3v) is 4.10. The first kappa shape index (κ1) is 20.8. The Bertz CT molecular complexity index is 622. The number of aliphatic carboxylic acids is 1. The van der Waals surface area contributed by atoms with E-state index >= 15 is 0 Å². The maximum atomic E-state index is 12.6. The predicted octanol–water partition coefficient (Wildman–Crippen LogP) is 2.99. The first-order valence-electron chi connectivity index (χ1n) is 8.48. The molecule has 0 saturated heterocycles. The van der Waals surface area contributed by atoms with E-state index in [1.807, 2.05) is 19.9 Å². The third-order valence-electron chi connectivity index (χ3n) is 4.10. The number of amides is 1. The van der Waals surface area contributed by atoms with Gasteiger partial charge in [-0.1, -0.05) is 6.07 Å². The highest BCUT2D eigenvalue weighted by atomic mass is 16.5. The SMILES string of the molecule is CCOc1ccc(C(C)(C)C(=O)NCC(C)(C)C(=O)O)cc1OCC. The molecular weight excluding hydrogens is 322 g/mol. The van der Waals surface area contributed by atoms with Gasteiger partial charge in [0.25, 0.3) is 0 Å². The molecule has 0 aliphatic rings. The number of carboxylic acids is 1. The van der Waals surface area contributed by atoms with Crippen LogP contribution in [0.1, 0.15) is 47.1 Å². The summed E-state index contributed by atoms with van der Waals surface area (Å²) in [5.41, 5.74) is -1.10. The lowest BCUT2D eigenvalue weighted by molar-refractivity contribution is -0.146. The summed E-state index contributed by atoms with van der Waals surface area (Å²) < 4.78 is 11.2. The molecule has 0 bridgehead atoms. The van der Waals surface area contributed by atoms with Crippen LogP contribution in [0, 0.1) is 5.41 Å². The number of carbonyl (C=O) groups excluding carboxylic acids is 1. The van der Waals surface area contributed by atoms with Crippen molar-refractivity contribution in [2.45, 2.75) is 47.0 Å². The number of benzene rings is 1. The molecule has 6 heteroatoms.